The minimum Gasteiger partial charge on any atom is -0.497 e. The molecular weight excluding hydrogens is 344 g/mol. The molecule has 2 heterocycles. The fourth-order valence-corrected chi connectivity index (χ4v) is 3.84. The molecule has 1 aliphatic heterocycles. The number of piperidine rings is 1. The number of H-pyrrole nitrogens is 1. The Kier molecular flexibility index (Phi) is 5.01. The van der Waals surface area contributed by atoms with Crippen molar-refractivity contribution in [3.63, 3.8) is 0 Å². The summed E-state index contributed by atoms with van der Waals surface area (Å²) in [6.07, 6.45) is 4.71. The Labute approximate surface area is 158 Å². The van der Waals surface area contributed by atoms with Crippen LogP contribution in [-0.4, -0.2) is 46.9 Å². The van der Waals surface area contributed by atoms with E-state index in [2.05, 4.69) is 15.3 Å². The maximum atomic E-state index is 12.5. The molecule has 2 aromatic rings. The van der Waals surface area contributed by atoms with Crippen molar-refractivity contribution in [1.29, 1.82) is 0 Å². The maximum absolute atomic E-state index is 12.5. The Hall–Kier alpha value is -2.57. The lowest BCUT2D eigenvalue weighted by Crippen LogP contribution is -2.46. The van der Waals surface area contributed by atoms with E-state index in [-0.39, 0.29) is 23.7 Å². The smallest absolute Gasteiger partial charge is 0.225 e. The van der Waals surface area contributed by atoms with E-state index in [1.807, 2.05) is 23.1 Å². The number of amides is 2. The number of fused-ring (bicyclic) bond motifs is 1. The molecule has 2 fully saturated rings. The number of aromatic nitrogens is 2. The third kappa shape index (κ3) is 3.77. The van der Waals surface area contributed by atoms with Crippen molar-refractivity contribution in [3.8, 4) is 5.75 Å². The van der Waals surface area contributed by atoms with Crippen LogP contribution in [0, 0.1) is 11.8 Å². The third-order valence-electron chi connectivity index (χ3n) is 5.80. The fraction of sp³-hybridized carbons (Fsp3) is 0.550. The molecule has 2 N–H and O–H groups in total. The number of carbonyl (C=O) groups is 2. The quantitative estimate of drug-likeness (QED) is 0.845. The van der Waals surface area contributed by atoms with Gasteiger partial charge in [-0.2, -0.15) is 0 Å². The summed E-state index contributed by atoms with van der Waals surface area (Å²) < 4.78 is 5.21. The molecular formula is C20H26N4O3. The van der Waals surface area contributed by atoms with Crippen LogP contribution in [-0.2, 0) is 16.1 Å². The first-order chi connectivity index (χ1) is 13.1. The van der Waals surface area contributed by atoms with E-state index >= 15 is 0 Å². The number of nitrogens with one attached hydrogen (secondary N) is 2. The topological polar surface area (TPSA) is 87.3 Å². The van der Waals surface area contributed by atoms with Crippen molar-refractivity contribution in [2.45, 2.75) is 38.6 Å². The number of likely N-dealkylation sites (tertiary alicyclic amines) is 1. The van der Waals surface area contributed by atoms with Crippen molar-refractivity contribution in [3.05, 3.63) is 24.0 Å². The summed E-state index contributed by atoms with van der Waals surface area (Å²) in [7, 11) is 1.63. The molecule has 2 aliphatic rings. The Balaban J connectivity index is 1.28. The van der Waals surface area contributed by atoms with Crippen LogP contribution in [0.1, 0.15) is 37.9 Å². The molecule has 0 bridgehead atoms. The van der Waals surface area contributed by atoms with Gasteiger partial charge in [0.2, 0.25) is 11.8 Å². The van der Waals surface area contributed by atoms with Crippen LogP contribution in [0.2, 0.25) is 0 Å². The van der Waals surface area contributed by atoms with Crippen LogP contribution >= 0.6 is 0 Å². The molecule has 0 unspecified atom stereocenters. The van der Waals surface area contributed by atoms with Crippen molar-refractivity contribution in [2.75, 3.05) is 20.2 Å². The SMILES string of the molecule is COc1ccc2nc(CNC(=O)C3CCN(C(=O)C4CCC4)CC3)[nH]c2c1. The monoisotopic (exact) mass is 370 g/mol. The van der Waals surface area contributed by atoms with Gasteiger partial charge in [0.15, 0.2) is 0 Å². The summed E-state index contributed by atoms with van der Waals surface area (Å²) in [5.74, 6) is 2.04. The van der Waals surface area contributed by atoms with Crippen LogP contribution in [0.5, 0.6) is 5.75 Å². The number of imidazole rings is 1. The molecule has 1 aromatic carbocycles. The molecule has 1 aliphatic carbocycles. The first-order valence-electron chi connectivity index (χ1n) is 9.73. The number of ether oxygens (including phenoxy) is 1. The summed E-state index contributed by atoms with van der Waals surface area (Å²) >= 11 is 0. The van der Waals surface area contributed by atoms with Gasteiger partial charge in [-0.3, -0.25) is 9.59 Å². The predicted octanol–water partition coefficient (Wildman–Crippen LogP) is 2.23. The average Bonchev–Trinajstić information content (AvgIpc) is 3.06. The Morgan fingerprint density at radius 2 is 2.00 bits per heavy atom. The molecule has 2 amide bonds. The normalized spacial score (nSPS) is 18.3. The van der Waals surface area contributed by atoms with Gasteiger partial charge in [0.05, 0.1) is 24.7 Å². The molecule has 7 heteroatoms. The molecule has 4 rings (SSSR count). The van der Waals surface area contributed by atoms with E-state index in [0.29, 0.717) is 19.6 Å². The number of hydrogen-bond donors (Lipinski definition) is 2. The lowest BCUT2D eigenvalue weighted by atomic mass is 9.83. The van der Waals surface area contributed by atoms with Gasteiger partial charge in [-0.25, -0.2) is 4.98 Å². The summed E-state index contributed by atoms with van der Waals surface area (Å²) in [6, 6.07) is 5.65. The second-order valence-corrected chi connectivity index (χ2v) is 7.51. The van der Waals surface area contributed by atoms with Gasteiger partial charge in [-0.1, -0.05) is 6.42 Å². The van der Waals surface area contributed by atoms with Crippen molar-refractivity contribution in [1.82, 2.24) is 20.2 Å². The molecule has 1 aromatic heterocycles. The Morgan fingerprint density at radius 3 is 2.67 bits per heavy atom. The van der Waals surface area contributed by atoms with Gasteiger partial charge in [-0.05, 0) is 37.8 Å². The largest absolute Gasteiger partial charge is 0.497 e. The van der Waals surface area contributed by atoms with Crippen LogP contribution < -0.4 is 10.1 Å². The molecule has 0 radical (unpaired) electrons. The first kappa shape index (κ1) is 17.8. The van der Waals surface area contributed by atoms with E-state index in [1.54, 1.807) is 7.11 Å². The van der Waals surface area contributed by atoms with E-state index < -0.39 is 0 Å². The number of methoxy groups -OCH3 is 1. The van der Waals surface area contributed by atoms with Crippen LogP contribution in [0.25, 0.3) is 11.0 Å². The van der Waals surface area contributed by atoms with E-state index in [0.717, 1.165) is 48.3 Å². The summed E-state index contributed by atoms with van der Waals surface area (Å²) in [5, 5.41) is 2.98. The number of nitrogens with zero attached hydrogens (tertiary/aromatic N) is 2. The average molecular weight is 370 g/mol. The number of aromatic amines is 1. The van der Waals surface area contributed by atoms with Gasteiger partial charge >= 0.3 is 0 Å². The molecule has 7 nitrogen and oxygen atoms in total. The second kappa shape index (κ2) is 7.58. The summed E-state index contributed by atoms with van der Waals surface area (Å²) in [5.41, 5.74) is 1.74. The van der Waals surface area contributed by atoms with E-state index in [4.69, 9.17) is 4.74 Å². The first-order valence-corrected chi connectivity index (χ1v) is 9.73. The lowest BCUT2D eigenvalue weighted by Gasteiger charge is -2.36. The zero-order chi connectivity index (χ0) is 18.8. The lowest BCUT2D eigenvalue weighted by molar-refractivity contribution is -0.141. The highest BCUT2D eigenvalue weighted by Gasteiger charge is 2.33. The zero-order valence-corrected chi connectivity index (χ0v) is 15.7. The Bertz CT molecular complexity index is 835. The Morgan fingerprint density at radius 1 is 1.22 bits per heavy atom. The molecule has 27 heavy (non-hydrogen) atoms. The second-order valence-electron chi connectivity index (χ2n) is 7.51. The van der Waals surface area contributed by atoms with Gasteiger partial charge in [0.25, 0.3) is 0 Å². The highest BCUT2D eigenvalue weighted by molar-refractivity contribution is 5.81. The number of hydrogen-bond acceptors (Lipinski definition) is 4. The maximum Gasteiger partial charge on any atom is 0.225 e. The fourth-order valence-electron chi connectivity index (χ4n) is 3.84. The van der Waals surface area contributed by atoms with Gasteiger partial charge in [-0.15, -0.1) is 0 Å². The van der Waals surface area contributed by atoms with Crippen LogP contribution in [0.4, 0.5) is 0 Å². The standard InChI is InChI=1S/C20H26N4O3/c1-27-15-5-6-16-17(11-15)23-18(22-16)12-21-19(25)13-7-9-24(10-8-13)20(26)14-3-2-4-14/h5-6,11,13-14H,2-4,7-10,12H2,1H3,(H,21,25)(H,22,23). The summed E-state index contributed by atoms with van der Waals surface area (Å²) in [4.78, 5) is 34.5. The zero-order valence-electron chi connectivity index (χ0n) is 15.7. The minimum atomic E-state index is -0.0279. The third-order valence-corrected chi connectivity index (χ3v) is 5.80. The van der Waals surface area contributed by atoms with Crippen LogP contribution in [0.15, 0.2) is 18.2 Å². The summed E-state index contributed by atoms with van der Waals surface area (Å²) in [6.45, 7) is 1.76. The molecule has 0 atom stereocenters. The van der Waals surface area contributed by atoms with Crippen LogP contribution in [0.3, 0.4) is 0 Å². The van der Waals surface area contributed by atoms with Crippen molar-refractivity contribution in [2.24, 2.45) is 11.8 Å². The highest BCUT2D eigenvalue weighted by atomic mass is 16.5. The number of benzene rings is 1. The van der Waals surface area contributed by atoms with Gasteiger partial charge in [0.1, 0.15) is 11.6 Å². The van der Waals surface area contributed by atoms with Gasteiger partial charge in [0, 0.05) is 31.0 Å². The van der Waals surface area contributed by atoms with Crippen molar-refractivity contribution >= 4 is 22.8 Å². The predicted molar refractivity (Wildman–Crippen MR) is 101 cm³/mol. The van der Waals surface area contributed by atoms with Crippen molar-refractivity contribution < 1.29 is 14.3 Å². The minimum absolute atomic E-state index is 0.0279. The van der Waals surface area contributed by atoms with Gasteiger partial charge < -0.3 is 19.9 Å². The van der Waals surface area contributed by atoms with E-state index in [1.165, 1.54) is 6.42 Å². The van der Waals surface area contributed by atoms with E-state index in [9.17, 15) is 9.59 Å². The number of rotatable bonds is 5. The molecule has 1 saturated carbocycles. The highest BCUT2D eigenvalue weighted by Crippen LogP contribution is 2.30. The molecule has 1 saturated heterocycles. The molecule has 144 valence electrons. The molecule has 0 spiro atoms. The number of carbonyl (C=O) groups excluding carboxylic acids is 2.